The van der Waals surface area contributed by atoms with E-state index in [9.17, 15) is 4.79 Å². The number of aldehydes is 1. The van der Waals surface area contributed by atoms with Crippen molar-refractivity contribution in [2.45, 2.75) is 38.2 Å². The topological polar surface area (TPSA) is 38.8 Å². The summed E-state index contributed by atoms with van der Waals surface area (Å²) in [5.41, 5.74) is -0.193. The van der Waals surface area contributed by atoms with Gasteiger partial charge in [0.2, 0.25) is 0 Å². The molecule has 0 radical (unpaired) electrons. The third-order valence-electron chi connectivity index (χ3n) is 4.11. The average molecular weight is 255 g/mol. The van der Waals surface area contributed by atoms with Gasteiger partial charge in [-0.3, -0.25) is 0 Å². The van der Waals surface area contributed by atoms with Gasteiger partial charge in [0.15, 0.2) is 0 Å². The van der Waals surface area contributed by atoms with Crippen molar-refractivity contribution in [1.29, 1.82) is 0 Å². The molecule has 18 heavy (non-hydrogen) atoms. The zero-order valence-electron chi connectivity index (χ0n) is 11.4. The van der Waals surface area contributed by atoms with Crippen molar-refractivity contribution < 1.29 is 14.3 Å². The van der Waals surface area contributed by atoms with Crippen LogP contribution in [-0.4, -0.2) is 57.2 Å². The van der Waals surface area contributed by atoms with Gasteiger partial charge >= 0.3 is 0 Å². The van der Waals surface area contributed by atoms with E-state index in [0.29, 0.717) is 19.3 Å². The smallest absolute Gasteiger partial charge is 0.127 e. The lowest BCUT2D eigenvalue weighted by atomic mass is 9.81. The minimum absolute atomic E-state index is 0.193. The number of ether oxygens (including phenoxy) is 2. The van der Waals surface area contributed by atoms with Gasteiger partial charge in [0.05, 0.1) is 6.10 Å². The van der Waals surface area contributed by atoms with Gasteiger partial charge in [-0.2, -0.15) is 0 Å². The highest BCUT2D eigenvalue weighted by Gasteiger charge is 2.34. The fraction of sp³-hybridized carbons (Fsp3) is 0.929. The molecule has 4 nitrogen and oxygen atoms in total. The summed E-state index contributed by atoms with van der Waals surface area (Å²) in [5, 5.41) is 0. The van der Waals surface area contributed by atoms with Crippen molar-refractivity contribution in [3.63, 3.8) is 0 Å². The molecule has 104 valence electrons. The summed E-state index contributed by atoms with van der Waals surface area (Å²) in [6.07, 6.45) is 6.82. The van der Waals surface area contributed by atoms with Crippen LogP contribution in [0.3, 0.4) is 0 Å². The molecule has 0 N–H and O–H groups in total. The van der Waals surface area contributed by atoms with Gasteiger partial charge in [-0.1, -0.05) is 0 Å². The maximum atomic E-state index is 11.4. The highest BCUT2D eigenvalue weighted by atomic mass is 16.5. The van der Waals surface area contributed by atoms with Crippen LogP contribution in [0.1, 0.15) is 32.1 Å². The maximum absolute atomic E-state index is 11.4. The lowest BCUT2D eigenvalue weighted by Crippen LogP contribution is -2.44. The molecule has 0 aromatic heterocycles. The molecule has 2 heterocycles. The van der Waals surface area contributed by atoms with E-state index in [0.717, 1.165) is 45.2 Å². The molecule has 2 saturated heterocycles. The number of carbonyl (C=O) groups excluding carboxylic acids is 1. The Morgan fingerprint density at radius 2 is 2.06 bits per heavy atom. The number of hydrogen-bond acceptors (Lipinski definition) is 4. The minimum Gasteiger partial charge on any atom is -0.381 e. The molecule has 0 amide bonds. The van der Waals surface area contributed by atoms with Gasteiger partial charge in [-0.15, -0.1) is 0 Å². The van der Waals surface area contributed by atoms with Crippen LogP contribution in [0.2, 0.25) is 0 Å². The molecule has 1 unspecified atom stereocenters. The normalized spacial score (nSPS) is 28.2. The number of rotatable bonds is 5. The molecular weight excluding hydrogens is 230 g/mol. The van der Waals surface area contributed by atoms with Crippen LogP contribution in [0.5, 0.6) is 0 Å². The lowest BCUT2D eigenvalue weighted by Gasteiger charge is -2.37. The molecular formula is C14H25NO3. The van der Waals surface area contributed by atoms with Gasteiger partial charge < -0.3 is 19.2 Å². The largest absolute Gasteiger partial charge is 0.381 e. The fourth-order valence-electron chi connectivity index (χ4n) is 2.99. The second-order valence-corrected chi connectivity index (χ2v) is 5.78. The van der Waals surface area contributed by atoms with Crippen molar-refractivity contribution in [3.8, 4) is 0 Å². The quantitative estimate of drug-likeness (QED) is 0.698. The predicted molar refractivity (Wildman–Crippen MR) is 69.6 cm³/mol. The first kappa shape index (κ1) is 14.0. The monoisotopic (exact) mass is 255 g/mol. The molecule has 0 aromatic carbocycles. The minimum atomic E-state index is -0.193. The van der Waals surface area contributed by atoms with Crippen LogP contribution in [0.25, 0.3) is 0 Å². The zero-order chi connectivity index (χ0) is 12.8. The van der Waals surface area contributed by atoms with E-state index < -0.39 is 0 Å². The Hall–Kier alpha value is -0.450. The van der Waals surface area contributed by atoms with Gasteiger partial charge in [0.1, 0.15) is 6.29 Å². The molecule has 0 saturated carbocycles. The molecule has 2 aliphatic rings. The Bertz CT molecular complexity index is 258. The van der Waals surface area contributed by atoms with E-state index in [-0.39, 0.29) is 5.41 Å². The van der Waals surface area contributed by atoms with Gasteiger partial charge in [0, 0.05) is 38.3 Å². The lowest BCUT2D eigenvalue weighted by molar-refractivity contribution is -0.123. The second-order valence-electron chi connectivity index (χ2n) is 5.78. The molecule has 1 atom stereocenters. The zero-order valence-corrected chi connectivity index (χ0v) is 11.4. The van der Waals surface area contributed by atoms with Gasteiger partial charge in [0.25, 0.3) is 0 Å². The van der Waals surface area contributed by atoms with Crippen molar-refractivity contribution in [2.75, 3.05) is 40.0 Å². The summed E-state index contributed by atoms with van der Waals surface area (Å²) in [4.78, 5) is 13.7. The molecule has 2 aliphatic heterocycles. The molecule has 2 fully saturated rings. The summed E-state index contributed by atoms with van der Waals surface area (Å²) in [7, 11) is 2.10. The van der Waals surface area contributed by atoms with Crippen molar-refractivity contribution in [2.24, 2.45) is 5.41 Å². The summed E-state index contributed by atoms with van der Waals surface area (Å²) in [5.74, 6) is 0. The molecule has 4 heteroatoms. The third-order valence-corrected chi connectivity index (χ3v) is 4.11. The van der Waals surface area contributed by atoms with E-state index in [1.807, 2.05) is 0 Å². The van der Waals surface area contributed by atoms with Crippen LogP contribution in [0.4, 0.5) is 0 Å². The SMILES string of the molecule is CN(CC1CCCCO1)CC1(C=O)CCOCC1. The average Bonchev–Trinajstić information content (AvgIpc) is 2.41. The molecule has 0 aliphatic carbocycles. The summed E-state index contributed by atoms with van der Waals surface area (Å²) in [6.45, 7) is 4.10. The maximum Gasteiger partial charge on any atom is 0.127 e. The van der Waals surface area contributed by atoms with Crippen LogP contribution >= 0.6 is 0 Å². The Morgan fingerprint density at radius 1 is 1.28 bits per heavy atom. The van der Waals surface area contributed by atoms with Crippen molar-refractivity contribution in [3.05, 3.63) is 0 Å². The third kappa shape index (κ3) is 3.77. The number of nitrogens with zero attached hydrogens (tertiary/aromatic N) is 1. The second kappa shape index (κ2) is 6.64. The van der Waals surface area contributed by atoms with Crippen LogP contribution in [0.15, 0.2) is 0 Å². The summed E-state index contributed by atoms with van der Waals surface area (Å²) < 4.78 is 11.1. The van der Waals surface area contributed by atoms with E-state index >= 15 is 0 Å². The van der Waals surface area contributed by atoms with Gasteiger partial charge in [-0.25, -0.2) is 0 Å². The van der Waals surface area contributed by atoms with Gasteiger partial charge in [-0.05, 0) is 39.2 Å². The molecule has 0 bridgehead atoms. The Kier molecular flexibility index (Phi) is 5.15. The standard InChI is InChI=1S/C14H25NO3/c1-15(10-13-4-2-3-7-18-13)11-14(12-16)5-8-17-9-6-14/h12-13H,2-11H2,1H3. The van der Waals surface area contributed by atoms with Crippen molar-refractivity contribution >= 4 is 6.29 Å². The Morgan fingerprint density at radius 3 is 2.67 bits per heavy atom. The first-order chi connectivity index (χ1) is 8.74. The molecule has 2 rings (SSSR count). The molecule has 0 aromatic rings. The van der Waals surface area contributed by atoms with Crippen LogP contribution < -0.4 is 0 Å². The highest BCUT2D eigenvalue weighted by molar-refractivity contribution is 5.60. The number of likely N-dealkylation sites (N-methyl/N-ethyl adjacent to an activating group) is 1. The van der Waals surface area contributed by atoms with Crippen molar-refractivity contribution in [1.82, 2.24) is 4.90 Å². The number of carbonyl (C=O) groups is 1. The van der Waals surface area contributed by atoms with E-state index in [1.165, 1.54) is 12.8 Å². The van der Waals surface area contributed by atoms with E-state index in [4.69, 9.17) is 9.47 Å². The summed E-state index contributed by atoms with van der Waals surface area (Å²) in [6, 6.07) is 0. The summed E-state index contributed by atoms with van der Waals surface area (Å²) >= 11 is 0. The highest BCUT2D eigenvalue weighted by Crippen LogP contribution is 2.29. The van der Waals surface area contributed by atoms with E-state index in [2.05, 4.69) is 11.9 Å². The Labute approximate surface area is 110 Å². The van der Waals surface area contributed by atoms with E-state index in [1.54, 1.807) is 0 Å². The van der Waals surface area contributed by atoms with Crippen LogP contribution in [0, 0.1) is 5.41 Å². The van der Waals surface area contributed by atoms with Crippen LogP contribution in [-0.2, 0) is 14.3 Å². The number of hydrogen-bond donors (Lipinski definition) is 0. The first-order valence-corrected chi connectivity index (χ1v) is 7.08. The molecule has 0 spiro atoms. The predicted octanol–water partition coefficient (Wildman–Crippen LogP) is 1.48. The fourth-order valence-corrected chi connectivity index (χ4v) is 2.99. The Balaban J connectivity index is 1.80. The first-order valence-electron chi connectivity index (χ1n) is 7.08.